The standard InChI is InChI=1S/C19H19F3N2O3/c1-13(14-6-3-2-4-7-14)23-17(25)11-27-12-18(26)24-16-9-5-8-15(10-16)19(20,21)22/h2-10,13H,11-12H2,1H3,(H,23,25)(H,24,26). The fourth-order valence-corrected chi connectivity index (χ4v) is 2.31. The first-order chi connectivity index (χ1) is 12.8. The first-order valence-corrected chi connectivity index (χ1v) is 8.15. The number of rotatable bonds is 7. The molecule has 1 atom stereocenters. The Balaban J connectivity index is 1.75. The maximum Gasteiger partial charge on any atom is 0.416 e. The molecule has 0 aromatic heterocycles. The van der Waals surface area contributed by atoms with Crippen LogP contribution in [-0.2, 0) is 20.5 Å². The van der Waals surface area contributed by atoms with Gasteiger partial charge in [0.25, 0.3) is 0 Å². The van der Waals surface area contributed by atoms with Crippen LogP contribution in [0.5, 0.6) is 0 Å². The fraction of sp³-hybridized carbons (Fsp3) is 0.263. The molecule has 0 bridgehead atoms. The summed E-state index contributed by atoms with van der Waals surface area (Å²) in [5.41, 5.74) is 0.0595. The van der Waals surface area contributed by atoms with Gasteiger partial charge in [-0.3, -0.25) is 9.59 Å². The molecule has 2 rings (SSSR count). The summed E-state index contributed by atoms with van der Waals surface area (Å²) in [5, 5.41) is 5.02. The fourth-order valence-electron chi connectivity index (χ4n) is 2.31. The smallest absolute Gasteiger partial charge is 0.362 e. The second-order valence-electron chi connectivity index (χ2n) is 5.82. The maximum absolute atomic E-state index is 12.6. The van der Waals surface area contributed by atoms with Crippen LogP contribution < -0.4 is 10.6 Å². The van der Waals surface area contributed by atoms with Crippen molar-refractivity contribution < 1.29 is 27.5 Å². The number of alkyl halides is 3. The van der Waals surface area contributed by atoms with Gasteiger partial charge in [-0.25, -0.2) is 0 Å². The van der Waals surface area contributed by atoms with Gasteiger partial charge in [-0.2, -0.15) is 13.2 Å². The van der Waals surface area contributed by atoms with E-state index in [9.17, 15) is 22.8 Å². The van der Waals surface area contributed by atoms with Crippen LogP contribution >= 0.6 is 0 Å². The monoisotopic (exact) mass is 380 g/mol. The number of carbonyl (C=O) groups excluding carboxylic acids is 2. The van der Waals surface area contributed by atoms with E-state index in [0.717, 1.165) is 17.7 Å². The van der Waals surface area contributed by atoms with Gasteiger partial charge in [0.15, 0.2) is 0 Å². The van der Waals surface area contributed by atoms with E-state index in [4.69, 9.17) is 4.74 Å². The van der Waals surface area contributed by atoms with Crippen LogP contribution in [0.15, 0.2) is 54.6 Å². The summed E-state index contributed by atoms with van der Waals surface area (Å²) >= 11 is 0. The Morgan fingerprint density at radius 1 is 1.00 bits per heavy atom. The molecule has 2 N–H and O–H groups in total. The normalized spacial score (nSPS) is 12.3. The predicted octanol–water partition coefficient (Wildman–Crippen LogP) is 3.54. The zero-order chi connectivity index (χ0) is 19.9. The summed E-state index contributed by atoms with van der Waals surface area (Å²) in [6, 6.07) is 13.4. The van der Waals surface area contributed by atoms with Crippen molar-refractivity contribution in [3.8, 4) is 0 Å². The van der Waals surface area contributed by atoms with Crippen LogP contribution in [0.4, 0.5) is 18.9 Å². The van der Waals surface area contributed by atoms with Crippen molar-refractivity contribution in [2.24, 2.45) is 0 Å². The maximum atomic E-state index is 12.6. The second-order valence-corrected chi connectivity index (χ2v) is 5.82. The van der Waals surface area contributed by atoms with Gasteiger partial charge < -0.3 is 15.4 Å². The number of amides is 2. The minimum absolute atomic E-state index is 0.000534. The molecule has 27 heavy (non-hydrogen) atoms. The van der Waals surface area contributed by atoms with Gasteiger partial charge in [-0.1, -0.05) is 36.4 Å². The lowest BCUT2D eigenvalue weighted by Crippen LogP contribution is -2.31. The predicted molar refractivity (Wildman–Crippen MR) is 93.9 cm³/mol. The quantitative estimate of drug-likeness (QED) is 0.772. The highest BCUT2D eigenvalue weighted by Gasteiger charge is 2.30. The Morgan fingerprint density at radius 2 is 1.67 bits per heavy atom. The van der Waals surface area contributed by atoms with E-state index < -0.39 is 30.2 Å². The van der Waals surface area contributed by atoms with Crippen molar-refractivity contribution in [1.29, 1.82) is 0 Å². The van der Waals surface area contributed by atoms with E-state index in [1.165, 1.54) is 12.1 Å². The van der Waals surface area contributed by atoms with Crippen LogP contribution in [0.1, 0.15) is 24.1 Å². The van der Waals surface area contributed by atoms with Crippen LogP contribution in [0, 0.1) is 0 Å². The average molecular weight is 380 g/mol. The molecule has 2 aromatic carbocycles. The molecule has 0 fully saturated rings. The van der Waals surface area contributed by atoms with Crippen molar-refractivity contribution in [1.82, 2.24) is 5.32 Å². The summed E-state index contributed by atoms with van der Waals surface area (Å²) < 4.78 is 42.9. The zero-order valence-corrected chi connectivity index (χ0v) is 14.5. The number of carbonyl (C=O) groups is 2. The van der Waals surface area contributed by atoms with Crippen LogP contribution in [0.3, 0.4) is 0 Å². The zero-order valence-electron chi connectivity index (χ0n) is 14.5. The molecule has 0 heterocycles. The number of hydrogen-bond acceptors (Lipinski definition) is 3. The average Bonchev–Trinajstić information content (AvgIpc) is 2.62. The summed E-state index contributed by atoms with van der Waals surface area (Å²) in [6.07, 6.45) is -4.50. The number of nitrogens with one attached hydrogen (secondary N) is 2. The Hall–Kier alpha value is -2.87. The molecule has 144 valence electrons. The van der Waals surface area contributed by atoms with E-state index in [1.807, 2.05) is 37.3 Å². The minimum Gasteiger partial charge on any atom is -0.362 e. The molecule has 0 aliphatic heterocycles. The third kappa shape index (κ3) is 6.74. The van der Waals surface area contributed by atoms with E-state index in [0.29, 0.717) is 0 Å². The molecule has 1 unspecified atom stereocenters. The topological polar surface area (TPSA) is 67.4 Å². The van der Waals surface area contributed by atoms with E-state index in [-0.39, 0.29) is 18.3 Å². The molecule has 8 heteroatoms. The first-order valence-electron chi connectivity index (χ1n) is 8.15. The van der Waals surface area contributed by atoms with Crippen molar-refractivity contribution in [2.45, 2.75) is 19.1 Å². The van der Waals surface area contributed by atoms with Crippen molar-refractivity contribution >= 4 is 17.5 Å². The second kappa shape index (κ2) is 9.18. The molecular formula is C19H19F3N2O3. The van der Waals surface area contributed by atoms with E-state index in [1.54, 1.807) is 0 Å². The van der Waals surface area contributed by atoms with E-state index >= 15 is 0 Å². The van der Waals surface area contributed by atoms with Crippen LogP contribution in [0.25, 0.3) is 0 Å². The molecule has 0 aliphatic carbocycles. The highest BCUT2D eigenvalue weighted by atomic mass is 19.4. The third-order valence-electron chi connectivity index (χ3n) is 3.62. The number of hydrogen-bond donors (Lipinski definition) is 2. The number of anilines is 1. The third-order valence-corrected chi connectivity index (χ3v) is 3.62. The Kier molecular flexibility index (Phi) is 6.95. The van der Waals surface area contributed by atoms with Crippen LogP contribution in [-0.4, -0.2) is 25.0 Å². The van der Waals surface area contributed by atoms with Gasteiger partial charge in [0.05, 0.1) is 11.6 Å². The van der Waals surface area contributed by atoms with Crippen LogP contribution in [0.2, 0.25) is 0 Å². The molecule has 2 amide bonds. The lowest BCUT2D eigenvalue weighted by molar-refractivity contribution is -0.137. The molecule has 0 spiro atoms. The van der Waals surface area contributed by atoms with E-state index in [2.05, 4.69) is 10.6 Å². The molecule has 2 aromatic rings. The summed E-state index contributed by atoms with van der Waals surface area (Å²) in [5.74, 6) is -1.06. The molecule has 0 radical (unpaired) electrons. The molecule has 0 aliphatic rings. The molecule has 0 saturated carbocycles. The summed E-state index contributed by atoms with van der Waals surface area (Å²) in [6.45, 7) is 1.02. The van der Waals surface area contributed by atoms with Gasteiger partial charge in [0.2, 0.25) is 11.8 Å². The largest absolute Gasteiger partial charge is 0.416 e. The van der Waals surface area contributed by atoms with Gasteiger partial charge >= 0.3 is 6.18 Å². The summed E-state index contributed by atoms with van der Waals surface area (Å²) in [7, 11) is 0. The van der Waals surface area contributed by atoms with Gasteiger partial charge in [0, 0.05) is 5.69 Å². The number of ether oxygens (including phenoxy) is 1. The molecule has 5 nitrogen and oxygen atoms in total. The Bertz CT molecular complexity index is 779. The van der Waals surface area contributed by atoms with Crippen molar-refractivity contribution in [2.75, 3.05) is 18.5 Å². The van der Waals surface area contributed by atoms with Crippen molar-refractivity contribution in [3.63, 3.8) is 0 Å². The van der Waals surface area contributed by atoms with Crippen molar-refractivity contribution in [3.05, 3.63) is 65.7 Å². The highest BCUT2D eigenvalue weighted by Crippen LogP contribution is 2.30. The van der Waals surface area contributed by atoms with Gasteiger partial charge in [0.1, 0.15) is 13.2 Å². The SMILES string of the molecule is CC(NC(=O)COCC(=O)Nc1cccc(C(F)(F)F)c1)c1ccccc1. The Morgan fingerprint density at radius 3 is 2.33 bits per heavy atom. The lowest BCUT2D eigenvalue weighted by Gasteiger charge is -2.14. The highest BCUT2D eigenvalue weighted by molar-refractivity contribution is 5.92. The molecule has 0 saturated heterocycles. The first kappa shape index (κ1) is 20.4. The minimum atomic E-state index is -4.50. The summed E-state index contributed by atoms with van der Waals surface area (Å²) in [4.78, 5) is 23.6. The Labute approximate surface area is 154 Å². The number of benzene rings is 2. The molecular weight excluding hydrogens is 361 g/mol. The lowest BCUT2D eigenvalue weighted by atomic mass is 10.1. The number of halogens is 3. The van der Waals surface area contributed by atoms with Gasteiger partial charge in [-0.15, -0.1) is 0 Å². The van der Waals surface area contributed by atoms with Gasteiger partial charge in [-0.05, 0) is 30.7 Å².